The van der Waals surface area contributed by atoms with Crippen molar-refractivity contribution in [3.05, 3.63) is 17.0 Å². The number of primary sulfonamides is 1. The van der Waals surface area contributed by atoms with Crippen molar-refractivity contribution >= 4 is 27.3 Å². The zero-order chi connectivity index (χ0) is 15.7. The minimum Gasteiger partial charge on any atom is -0.351 e. The SMILES string of the molecule is CC1(C)CCCCC1C(=O)NCc1ccc(S(N)(=O)=O)s1. The number of nitrogens with one attached hydrogen (secondary N) is 1. The summed E-state index contributed by atoms with van der Waals surface area (Å²) in [5.41, 5.74) is 0.0313. The van der Waals surface area contributed by atoms with Crippen LogP contribution in [-0.2, 0) is 21.4 Å². The number of sulfonamides is 1. The van der Waals surface area contributed by atoms with Gasteiger partial charge < -0.3 is 5.32 Å². The van der Waals surface area contributed by atoms with E-state index in [1.807, 2.05) is 0 Å². The van der Waals surface area contributed by atoms with Gasteiger partial charge in [-0.15, -0.1) is 11.3 Å². The first-order valence-electron chi connectivity index (χ1n) is 7.09. The summed E-state index contributed by atoms with van der Waals surface area (Å²) in [6, 6.07) is 3.17. The number of hydrogen-bond donors (Lipinski definition) is 2. The Morgan fingerprint density at radius 2 is 2.14 bits per heavy atom. The molecule has 0 radical (unpaired) electrons. The number of carbonyl (C=O) groups is 1. The third-order valence-corrected chi connectivity index (χ3v) is 6.70. The van der Waals surface area contributed by atoms with Crippen molar-refractivity contribution in [3.63, 3.8) is 0 Å². The van der Waals surface area contributed by atoms with Gasteiger partial charge in [0.25, 0.3) is 0 Å². The van der Waals surface area contributed by atoms with Gasteiger partial charge in [-0.1, -0.05) is 26.7 Å². The Morgan fingerprint density at radius 1 is 1.43 bits per heavy atom. The van der Waals surface area contributed by atoms with Gasteiger partial charge in [-0.2, -0.15) is 0 Å². The molecule has 0 aliphatic heterocycles. The zero-order valence-corrected chi connectivity index (χ0v) is 14.0. The molecule has 1 saturated carbocycles. The van der Waals surface area contributed by atoms with E-state index in [9.17, 15) is 13.2 Å². The fourth-order valence-corrected chi connectivity index (χ4v) is 4.60. The van der Waals surface area contributed by atoms with E-state index in [0.29, 0.717) is 6.54 Å². The van der Waals surface area contributed by atoms with Crippen molar-refractivity contribution in [2.24, 2.45) is 16.5 Å². The average Bonchev–Trinajstić information content (AvgIpc) is 2.84. The Bertz CT molecular complexity index is 620. The molecule has 21 heavy (non-hydrogen) atoms. The molecule has 5 nitrogen and oxygen atoms in total. The van der Waals surface area contributed by atoms with Gasteiger partial charge in [0, 0.05) is 10.8 Å². The molecule has 1 aromatic heterocycles. The minimum absolute atomic E-state index is 0.0313. The quantitative estimate of drug-likeness (QED) is 0.887. The van der Waals surface area contributed by atoms with E-state index in [-0.39, 0.29) is 21.4 Å². The van der Waals surface area contributed by atoms with Crippen LogP contribution in [0.2, 0.25) is 0 Å². The van der Waals surface area contributed by atoms with Gasteiger partial charge in [-0.3, -0.25) is 4.79 Å². The molecule has 1 aliphatic rings. The van der Waals surface area contributed by atoms with Crippen molar-refractivity contribution in [2.75, 3.05) is 0 Å². The number of amides is 1. The molecule has 1 amide bonds. The Labute approximate surface area is 130 Å². The van der Waals surface area contributed by atoms with Crippen molar-refractivity contribution in [3.8, 4) is 0 Å². The molecule has 7 heteroatoms. The molecule has 1 aromatic rings. The van der Waals surface area contributed by atoms with E-state index < -0.39 is 10.0 Å². The highest BCUT2D eigenvalue weighted by molar-refractivity contribution is 7.91. The molecular weight excluding hydrogens is 308 g/mol. The Morgan fingerprint density at radius 3 is 2.71 bits per heavy atom. The van der Waals surface area contributed by atoms with Crippen LogP contribution in [0.5, 0.6) is 0 Å². The highest BCUT2D eigenvalue weighted by Gasteiger charge is 2.36. The van der Waals surface area contributed by atoms with Gasteiger partial charge in [0.1, 0.15) is 4.21 Å². The lowest BCUT2D eigenvalue weighted by Crippen LogP contribution is -2.40. The second-order valence-corrected chi connectivity index (χ2v) is 9.23. The number of rotatable bonds is 4. The van der Waals surface area contributed by atoms with Crippen molar-refractivity contribution in [2.45, 2.75) is 50.3 Å². The van der Waals surface area contributed by atoms with Crippen LogP contribution in [0.3, 0.4) is 0 Å². The number of nitrogens with two attached hydrogens (primary N) is 1. The first-order valence-corrected chi connectivity index (χ1v) is 9.46. The van der Waals surface area contributed by atoms with E-state index in [1.54, 1.807) is 6.07 Å². The van der Waals surface area contributed by atoms with Gasteiger partial charge in [-0.25, -0.2) is 13.6 Å². The maximum Gasteiger partial charge on any atom is 0.247 e. The smallest absolute Gasteiger partial charge is 0.247 e. The molecule has 0 aromatic carbocycles. The largest absolute Gasteiger partial charge is 0.351 e. The molecule has 0 spiro atoms. The van der Waals surface area contributed by atoms with Gasteiger partial charge in [0.05, 0.1) is 6.54 Å². The normalized spacial score (nSPS) is 22.0. The predicted octanol–water partition coefficient (Wildman–Crippen LogP) is 2.23. The van der Waals surface area contributed by atoms with Crippen LogP contribution in [0.25, 0.3) is 0 Å². The zero-order valence-electron chi connectivity index (χ0n) is 12.4. The lowest BCUT2D eigenvalue weighted by Gasteiger charge is -2.37. The van der Waals surface area contributed by atoms with Crippen LogP contribution >= 0.6 is 11.3 Å². The minimum atomic E-state index is -3.65. The van der Waals surface area contributed by atoms with Crippen LogP contribution in [0.4, 0.5) is 0 Å². The van der Waals surface area contributed by atoms with Crippen LogP contribution in [0, 0.1) is 11.3 Å². The van der Waals surface area contributed by atoms with Gasteiger partial charge >= 0.3 is 0 Å². The van der Waals surface area contributed by atoms with E-state index >= 15 is 0 Å². The van der Waals surface area contributed by atoms with Crippen LogP contribution in [0.15, 0.2) is 16.3 Å². The van der Waals surface area contributed by atoms with E-state index in [0.717, 1.165) is 35.5 Å². The van der Waals surface area contributed by atoms with E-state index in [1.165, 1.54) is 12.5 Å². The molecule has 1 unspecified atom stereocenters. The van der Waals surface area contributed by atoms with E-state index in [4.69, 9.17) is 5.14 Å². The van der Waals surface area contributed by atoms with E-state index in [2.05, 4.69) is 19.2 Å². The fraction of sp³-hybridized carbons (Fsp3) is 0.643. The molecule has 118 valence electrons. The number of hydrogen-bond acceptors (Lipinski definition) is 4. The molecule has 0 bridgehead atoms. The third-order valence-electron chi connectivity index (χ3n) is 4.18. The summed E-state index contributed by atoms with van der Waals surface area (Å²) in [4.78, 5) is 13.1. The summed E-state index contributed by atoms with van der Waals surface area (Å²) >= 11 is 1.10. The molecule has 1 atom stereocenters. The molecule has 1 fully saturated rings. The van der Waals surface area contributed by atoms with Gasteiger partial charge in [0.2, 0.25) is 15.9 Å². The van der Waals surface area contributed by atoms with Gasteiger partial charge in [-0.05, 0) is 30.4 Å². The Kier molecular flexibility index (Phi) is 4.75. The topological polar surface area (TPSA) is 89.3 Å². The maximum atomic E-state index is 12.3. The van der Waals surface area contributed by atoms with Gasteiger partial charge in [0.15, 0.2) is 0 Å². The van der Waals surface area contributed by atoms with Crippen molar-refractivity contribution < 1.29 is 13.2 Å². The maximum absolute atomic E-state index is 12.3. The van der Waals surface area contributed by atoms with Crippen LogP contribution in [0.1, 0.15) is 44.4 Å². The average molecular weight is 330 g/mol. The lowest BCUT2D eigenvalue weighted by molar-refractivity contribution is -0.130. The summed E-state index contributed by atoms with van der Waals surface area (Å²) in [6.07, 6.45) is 4.26. The first-order chi connectivity index (χ1) is 9.70. The molecule has 1 aliphatic carbocycles. The number of thiophene rings is 1. The molecule has 1 heterocycles. The second-order valence-electron chi connectivity index (χ2n) is 6.27. The molecule has 2 rings (SSSR count). The van der Waals surface area contributed by atoms with Crippen molar-refractivity contribution in [1.82, 2.24) is 5.32 Å². The monoisotopic (exact) mass is 330 g/mol. The van der Waals surface area contributed by atoms with Crippen LogP contribution in [-0.4, -0.2) is 14.3 Å². The predicted molar refractivity (Wildman–Crippen MR) is 83.3 cm³/mol. The van der Waals surface area contributed by atoms with Crippen molar-refractivity contribution in [1.29, 1.82) is 0 Å². The van der Waals surface area contributed by atoms with Crippen LogP contribution < -0.4 is 10.5 Å². The first kappa shape index (κ1) is 16.5. The fourth-order valence-electron chi connectivity index (χ4n) is 2.88. The highest BCUT2D eigenvalue weighted by atomic mass is 32.2. The molecule has 0 saturated heterocycles. The molecular formula is C14H22N2O3S2. The highest BCUT2D eigenvalue weighted by Crippen LogP contribution is 2.40. The molecule has 3 N–H and O–H groups in total. The summed E-state index contributed by atoms with van der Waals surface area (Å²) in [5.74, 6) is 0.0918. The summed E-state index contributed by atoms with van der Waals surface area (Å²) in [7, 11) is -3.65. The number of carbonyl (C=O) groups excluding carboxylic acids is 1. The summed E-state index contributed by atoms with van der Waals surface area (Å²) in [6.45, 7) is 4.63. The standard InChI is InChI=1S/C14H22N2O3S2/c1-14(2)8-4-3-5-11(14)13(17)16-9-10-6-7-12(20-10)21(15,18)19/h6-7,11H,3-5,8-9H2,1-2H3,(H,16,17)(H2,15,18,19). The second kappa shape index (κ2) is 6.06. The Hall–Kier alpha value is -0.920. The summed E-state index contributed by atoms with van der Waals surface area (Å²) < 4.78 is 22.6. The third kappa shape index (κ3) is 4.05. The Balaban J connectivity index is 1.96. The summed E-state index contributed by atoms with van der Waals surface area (Å²) in [5, 5.41) is 8.00. The lowest BCUT2D eigenvalue weighted by atomic mass is 9.68.